The molecule has 7 heteroatoms. The van der Waals surface area contributed by atoms with Crippen molar-refractivity contribution >= 4 is 17.5 Å². The average Bonchev–Trinajstić information content (AvgIpc) is 2.81. The Morgan fingerprint density at radius 3 is 2.24 bits per heavy atom. The summed E-state index contributed by atoms with van der Waals surface area (Å²) >= 11 is 0. The average molecular weight is 454 g/mol. The molecule has 33 heavy (non-hydrogen) atoms. The molecule has 7 nitrogen and oxygen atoms in total. The number of anilines is 1. The van der Waals surface area contributed by atoms with Gasteiger partial charge in [-0.05, 0) is 45.4 Å². The van der Waals surface area contributed by atoms with Gasteiger partial charge in [0, 0.05) is 32.2 Å². The second-order valence-corrected chi connectivity index (χ2v) is 8.63. The van der Waals surface area contributed by atoms with Crippen molar-refractivity contribution in [2.24, 2.45) is 0 Å². The van der Waals surface area contributed by atoms with Gasteiger partial charge in [-0.2, -0.15) is 0 Å². The SMILES string of the molecule is CCOc1ccc(OCC)c(NC(=O)CN2CCN(C(=O)C(C)(C)c3ccccc3)CC2)c1. The van der Waals surface area contributed by atoms with E-state index in [1.165, 1.54) is 0 Å². The lowest BCUT2D eigenvalue weighted by Crippen LogP contribution is -2.54. The maximum absolute atomic E-state index is 13.2. The molecule has 0 aliphatic carbocycles. The number of nitrogens with zero attached hydrogens (tertiary/aromatic N) is 2. The number of nitrogens with one attached hydrogen (secondary N) is 1. The van der Waals surface area contributed by atoms with E-state index in [-0.39, 0.29) is 18.4 Å². The molecule has 2 aromatic carbocycles. The van der Waals surface area contributed by atoms with E-state index < -0.39 is 5.41 Å². The molecular weight excluding hydrogens is 418 g/mol. The monoisotopic (exact) mass is 453 g/mol. The molecule has 0 aromatic heterocycles. The van der Waals surface area contributed by atoms with Crippen LogP contribution in [0, 0.1) is 0 Å². The van der Waals surface area contributed by atoms with Gasteiger partial charge in [-0.1, -0.05) is 30.3 Å². The van der Waals surface area contributed by atoms with Crippen LogP contribution in [0.4, 0.5) is 5.69 Å². The van der Waals surface area contributed by atoms with Gasteiger partial charge in [-0.25, -0.2) is 0 Å². The van der Waals surface area contributed by atoms with Crippen LogP contribution < -0.4 is 14.8 Å². The van der Waals surface area contributed by atoms with Crippen molar-refractivity contribution < 1.29 is 19.1 Å². The smallest absolute Gasteiger partial charge is 0.238 e. The number of piperazine rings is 1. The number of benzene rings is 2. The summed E-state index contributed by atoms with van der Waals surface area (Å²) in [5.74, 6) is 1.30. The molecule has 3 rings (SSSR count). The maximum atomic E-state index is 13.2. The predicted molar refractivity (Wildman–Crippen MR) is 130 cm³/mol. The molecule has 1 aliphatic heterocycles. The molecule has 2 aromatic rings. The van der Waals surface area contributed by atoms with Gasteiger partial charge in [0.2, 0.25) is 11.8 Å². The van der Waals surface area contributed by atoms with Gasteiger partial charge in [0.15, 0.2) is 0 Å². The lowest BCUT2D eigenvalue weighted by molar-refractivity contribution is -0.138. The van der Waals surface area contributed by atoms with Crippen molar-refractivity contribution in [1.82, 2.24) is 9.80 Å². The van der Waals surface area contributed by atoms with Gasteiger partial charge < -0.3 is 19.7 Å². The summed E-state index contributed by atoms with van der Waals surface area (Å²) in [7, 11) is 0. The van der Waals surface area contributed by atoms with Crippen LogP contribution in [-0.4, -0.2) is 67.6 Å². The highest BCUT2D eigenvalue weighted by Crippen LogP contribution is 2.30. The number of carbonyl (C=O) groups excluding carboxylic acids is 2. The third kappa shape index (κ3) is 6.26. The summed E-state index contributed by atoms with van der Waals surface area (Å²) in [5.41, 5.74) is 1.03. The molecule has 0 saturated carbocycles. The summed E-state index contributed by atoms with van der Waals surface area (Å²) in [5, 5.41) is 2.96. The number of carbonyl (C=O) groups is 2. The van der Waals surface area contributed by atoms with E-state index in [4.69, 9.17) is 9.47 Å². The summed E-state index contributed by atoms with van der Waals surface area (Å²) in [6.45, 7) is 11.6. The van der Waals surface area contributed by atoms with Gasteiger partial charge in [0.05, 0.1) is 30.9 Å². The fraction of sp³-hybridized carbons (Fsp3) is 0.462. The molecule has 1 fully saturated rings. The van der Waals surface area contributed by atoms with Crippen molar-refractivity contribution in [3.63, 3.8) is 0 Å². The summed E-state index contributed by atoms with van der Waals surface area (Å²) < 4.78 is 11.2. The Hall–Kier alpha value is -3.06. The largest absolute Gasteiger partial charge is 0.494 e. The first-order valence-corrected chi connectivity index (χ1v) is 11.6. The first kappa shape index (κ1) is 24.6. The minimum Gasteiger partial charge on any atom is -0.494 e. The molecule has 1 saturated heterocycles. The number of amides is 2. The van der Waals surface area contributed by atoms with Gasteiger partial charge >= 0.3 is 0 Å². The highest BCUT2D eigenvalue weighted by molar-refractivity contribution is 5.94. The second kappa shape index (κ2) is 11.2. The highest BCUT2D eigenvalue weighted by atomic mass is 16.5. The Bertz CT molecular complexity index is 938. The van der Waals surface area contributed by atoms with Crippen LogP contribution in [0.5, 0.6) is 11.5 Å². The van der Waals surface area contributed by atoms with Crippen LogP contribution in [-0.2, 0) is 15.0 Å². The lowest BCUT2D eigenvalue weighted by Gasteiger charge is -2.38. The van der Waals surface area contributed by atoms with Gasteiger partial charge in [0.1, 0.15) is 11.5 Å². The van der Waals surface area contributed by atoms with Gasteiger partial charge in [0.25, 0.3) is 0 Å². The van der Waals surface area contributed by atoms with Crippen molar-refractivity contribution in [1.29, 1.82) is 0 Å². The van der Waals surface area contributed by atoms with Crippen molar-refractivity contribution in [2.45, 2.75) is 33.1 Å². The van der Waals surface area contributed by atoms with E-state index in [2.05, 4.69) is 10.2 Å². The molecule has 1 heterocycles. The van der Waals surface area contributed by atoms with E-state index in [0.717, 1.165) is 5.56 Å². The second-order valence-electron chi connectivity index (χ2n) is 8.63. The van der Waals surface area contributed by atoms with Crippen LogP contribution in [0.15, 0.2) is 48.5 Å². The third-order valence-corrected chi connectivity index (χ3v) is 5.89. The quantitative estimate of drug-likeness (QED) is 0.629. The van der Waals surface area contributed by atoms with E-state index in [0.29, 0.717) is 56.6 Å². The molecule has 1 aliphatic rings. The number of hydrogen-bond acceptors (Lipinski definition) is 5. The highest BCUT2D eigenvalue weighted by Gasteiger charge is 2.35. The normalized spacial score (nSPS) is 14.6. The van der Waals surface area contributed by atoms with Crippen molar-refractivity contribution in [3.8, 4) is 11.5 Å². The number of ether oxygens (including phenoxy) is 2. The van der Waals surface area contributed by atoms with Crippen LogP contribution in [0.3, 0.4) is 0 Å². The molecule has 0 spiro atoms. The zero-order chi connectivity index (χ0) is 23.8. The molecule has 0 radical (unpaired) electrons. The minimum atomic E-state index is -0.581. The van der Waals surface area contributed by atoms with E-state index in [9.17, 15) is 9.59 Å². The maximum Gasteiger partial charge on any atom is 0.238 e. The van der Waals surface area contributed by atoms with Crippen LogP contribution in [0.1, 0.15) is 33.3 Å². The summed E-state index contributed by atoms with van der Waals surface area (Å²) in [6.07, 6.45) is 0. The van der Waals surface area contributed by atoms with Crippen LogP contribution in [0.25, 0.3) is 0 Å². The zero-order valence-electron chi connectivity index (χ0n) is 20.1. The first-order chi connectivity index (χ1) is 15.8. The zero-order valence-corrected chi connectivity index (χ0v) is 20.1. The number of hydrogen-bond donors (Lipinski definition) is 1. The standard InChI is InChI=1S/C26H35N3O4/c1-5-32-21-12-13-23(33-6-2)22(18-21)27-24(30)19-28-14-16-29(17-15-28)25(31)26(3,4)20-10-8-7-9-11-20/h7-13,18H,5-6,14-17,19H2,1-4H3,(H,27,30). The van der Waals surface area contributed by atoms with E-state index >= 15 is 0 Å². The first-order valence-electron chi connectivity index (χ1n) is 11.6. The van der Waals surface area contributed by atoms with Crippen molar-refractivity contribution in [3.05, 3.63) is 54.1 Å². The molecule has 0 unspecified atom stereocenters. The Morgan fingerprint density at radius 1 is 0.939 bits per heavy atom. The molecule has 2 amide bonds. The summed E-state index contributed by atoms with van der Waals surface area (Å²) in [6, 6.07) is 15.3. The fourth-order valence-electron chi connectivity index (χ4n) is 4.02. The Balaban J connectivity index is 1.55. The van der Waals surface area contributed by atoms with Crippen molar-refractivity contribution in [2.75, 3.05) is 51.3 Å². The predicted octanol–water partition coefficient (Wildman–Crippen LogP) is 3.54. The Kier molecular flexibility index (Phi) is 8.33. The van der Waals surface area contributed by atoms with Crippen LogP contribution >= 0.6 is 0 Å². The molecule has 0 atom stereocenters. The minimum absolute atomic E-state index is 0.117. The van der Waals surface area contributed by atoms with E-state index in [1.54, 1.807) is 6.07 Å². The topological polar surface area (TPSA) is 71.1 Å². The molecular formula is C26H35N3O4. The fourth-order valence-corrected chi connectivity index (χ4v) is 4.02. The Labute approximate surface area is 196 Å². The number of rotatable bonds is 9. The summed E-state index contributed by atoms with van der Waals surface area (Å²) in [4.78, 5) is 29.9. The Morgan fingerprint density at radius 2 is 1.61 bits per heavy atom. The van der Waals surface area contributed by atoms with E-state index in [1.807, 2.05) is 75.1 Å². The lowest BCUT2D eigenvalue weighted by atomic mass is 9.83. The molecule has 178 valence electrons. The molecule has 1 N–H and O–H groups in total. The van der Waals surface area contributed by atoms with Gasteiger partial charge in [-0.3, -0.25) is 14.5 Å². The third-order valence-electron chi connectivity index (χ3n) is 5.89. The molecule has 0 bridgehead atoms. The van der Waals surface area contributed by atoms with Crippen LogP contribution in [0.2, 0.25) is 0 Å². The van der Waals surface area contributed by atoms with Gasteiger partial charge in [-0.15, -0.1) is 0 Å².